The van der Waals surface area contributed by atoms with E-state index < -0.39 is 11.4 Å². The van der Waals surface area contributed by atoms with Gasteiger partial charge in [0.1, 0.15) is 11.6 Å². The van der Waals surface area contributed by atoms with Crippen LogP contribution < -0.4 is 5.11 Å². The van der Waals surface area contributed by atoms with Crippen LogP contribution in [-0.4, -0.2) is 17.5 Å². The summed E-state index contributed by atoms with van der Waals surface area (Å²) >= 11 is 0. The van der Waals surface area contributed by atoms with E-state index in [-0.39, 0.29) is 46.2 Å². The molecule has 8 atom stereocenters. The first-order chi connectivity index (χ1) is 14.1. The third-order valence-electron chi connectivity index (χ3n) is 10.5. The summed E-state index contributed by atoms with van der Waals surface area (Å²) in [5.74, 6) is 0.261. The molecular formula is C26H35O4-. The molecule has 0 unspecified atom stereocenters. The van der Waals surface area contributed by atoms with Crippen molar-refractivity contribution < 1.29 is 19.5 Å². The number of carboxylic acid groups (broad SMARTS) is 1. The number of ketones is 2. The Morgan fingerprint density at radius 1 is 1.07 bits per heavy atom. The highest BCUT2D eigenvalue weighted by atomic mass is 16.4. The fraction of sp³-hybridized carbons (Fsp3) is 0.808. The van der Waals surface area contributed by atoms with Crippen LogP contribution in [0.2, 0.25) is 0 Å². The number of Topliss-reactive ketones (excluding diaryl/α,β-unsaturated/α-hetero) is 2. The van der Waals surface area contributed by atoms with Crippen molar-refractivity contribution in [3.63, 3.8) is 0 Å². The average molecular weight is 412 g/mol. The molecule has 0 amide bonds. The number of fused-ring (bicyclic) bond motifs is 1. The standard InChI is InChI=1S/C26H36O4/c1-14(2)16-13-26-11-8-19-24(3,9-5-10-25(19,4)23(29)30)20(26)12-15(16)21-17(27)6-7-18(28)22(21)26/h13-15,19-22H,5-12H2,1-4H3,(H,29,30)/p-1/t15-,19+,20-,21-,22+,24-,25+,26-/m0/s1. The zero-order valence-corrected chi connectivity index (χ0v) is 18.8. The van der Waals surface area contributed by atoms with E-state index in [9.17, 15) is 19.5 Å². The zero-order valence-electron chi connectivity index (χ0n) is 18.8. The van der Waals surface area contributed by atoms with Crippen LogP contribution in [0.5, 0.6) is 0 Å². The Labute approximate surface area is 179 Å². The van der Waals surface area contributed by atoms with Gasteiger partial charge in [-0.15, -0.1) is 0 Å². The Kier molecular flexibility index (Phi) is 4.29. The van der Waals surface area contributed by atoms with Crippen molar-refractivity contribution in [2.45, 2.75) is 79.1 Å². The van der Waals surface area contributed by atoms with E-state index in [0.29, 0.717) is 31.0 Å². The third-order valence-corrected chi connectivity index (χ3v) is 10.5. The highest BCUT2D eigenvalue weighted by molar-refractivity contribution is 5.98. The molecule has 0 saturated heterocycles. The normalized spacial score (nSPS) is 49.9. The molecule has 30 heavy (non-hydrogen) atoms. The SMILES string of the molecule is CC(C)C1=C[C@@]23CC[C@@H]4[C@](C)(CCC[C@@]4(C)C(=O)[O-])[C@@H]2C[C@@H]1[C@H]1C(=O)CCC(=O)[C@H]13. The number of hydrogen-bond donors (Lipinski definition) is 0. The van der Waals surface area contributed by atoms with E-state index in [1.807, 2.05) is 6.92 Å². The fourth-order valence-corrected chi connectivity index (χ4v) is 9.33. The number of rotatable bonds is 2. The highest BCUT2D eigenvalue weighted by Gasteiger charge is 2.70. The monoisotopic (exact) mass is 411 g/mol. The molecule has 4 nitrogen and oxygen atoms in total. The smallest absolute Gasteiger partial charge is 0.138 e. The molecule has 4 heteroatoms. The maximum atomic E-state index is 13.3. The fourth-order valence-electron chi connectivity index (χ4n) is 9.33. The van der Waals surface area contributed by atoms with E-state index in [2.05, 4.69) is 26.8 Å². The van der Waals surface area contributed by atoms with E-state index >= 15 is 0 Å². The molecule has 4 fully saturated rings. The molecule has 0 heterocycles. The second kappa shape index (κ2) is 6.29. The van der Waals surface area contributed by atoms with Crippen LogP contribution in [0.3, 0.4) is 0 Å². The summed E-state index contributed by atoms with van der Waals surface area (Å²) in [6.07, 6.45) is 8.45. The quantitative estimate of drug-likeness (QED) is 0.649. The maximum Gasteiger partial charge on any atom is 0.138 e. The minimum Gasteiger partial charge on any atom is -0.550 e. The van der Waals surface area contributed by atoms with Gasteiger partial charge in [0, 0.05) is 41.5 Å². The third kappa shape index (κ3) is 2.31. The predicted octanol–water partition coefficient (Wildman–Crippen LogP) is 3.73. The number of carboxylic acids is 1. The van der Waals surface area contributed by atoms with E-state index in [0.717, 1.165) is 32.1 Å². The van der Waals surface area contributed by atoms with E-state index in [1.54, 1.807) is 0 Å². The molecule has 0 aliphatic heterocycles. The summed E-state index contributed by atoms with van der Waals surface area (Å²) in [4.78, 5) is 38.6. The Bertz CT molecular complexity index is 855. The second-order valence-corrected chi connectivity index (χ2v) is 11.9. The summed E-state index contributed by atoms with van der Waals surface area (Å²) < 4.78 is 0. The number of aliphatic carboxylic acids is 1. The van der Waals surface area contributed by atoms with Gasteiger partial charge in [-0.1, -0.05) is 45.8 Å². The van der Waals surface area contributed by atoms with Crippen LogP contribution in [0.25, 0.3) is 0 Å². The van der Waals surface area contributed by atoms with Crippen LogP contribution in [-0.2, 0) is 14.4 Å². The van der Waals surface area contributed by atoms with Gasteiger partial charge >= 0.3 is 0 Å². The first-order valence-corrected chi connectivity index (χ1v) is 12.1. The van der Waals surface area contributed by atoms with Crippen LogP contribution >= 0.6 is 0 Å². The molecule has 1 spiro atoms. The molecule has 0 N–H and O–H groups in total. The van der Waals surface area contributed by atoms with Gasteiger partial charge < -0.3 is 9.90 Å². The molecule has 6 aliphatic carbocycles. The molecule has 0 aromatic rings. The largest absolute Gasteiger partial charge is 0.550 e. The van der Waals surface area contributed by atoms with Crippen molar-refractivity contribution >= 4 is 17.5 Å². The van der Waals surface area contributed by atoms with Crippen molar-refractivity contribution in [1.82, 2.24) is 0 Å². The van der Waals surface area contributed by atoms with Crippen LogP contribution in [0, 0.1) is 51.8 Å². The van der Waals surface area contributed by atoms with Crippen LogP contribution in [0.1, 0.15) is 79.1 Å². The lowest BCUT2D eigenvalue weighted by Gasteiger charge is -2.70. The van der Waals surface area contributed by atoms with Crippen molar-refractivity contribution in [3.8, 4) is 0 Å². The molecule has 6 aliphatic rings. The van der Waals surface area contributed by atoms with E-state index in [1.165, 1.54) is 5.57 Å². The minimum absolute atomic E-state index is 0.0856. The topological polar surface area (TPSA) is 74.3 Å². The lowest BCUT2D eigenvalue weighted by atomic mass is 9.33. The summed E-state index contributed by atoms with van der Waals surface area (Å²) in [6, 6.07) is 0. The van der Waals surface area contributed by atoms with Crippen molar-refractivity contribution in [2.24, 2.45) is 51.8 Å². The number of hydrogen-bond acceptors (Lipinski definition) is 4. The Morgan fingerprint density at radius 2 is 1.77 bits per heavy atom. The molecule has 2 bridgehead atoms. The van der Waals surface area contributed by atoms with Crippen molar-refractivity contribution in [3.05, 3.63) is 11.6 Å². The highest BCUT2D eigenvalue weighted by Crippen LogP contribution is 2.74. The van der Waals surface area contributed by atoms with Crippen molar-refractivity contribution in [1.29, 1.82) is 0 Å². The van der Waals surface area contributed by atoms with Gasteiger partial charge in [-0.3, -0.25) is 9.59 Å². The Hall–Kier alpha value is -1.45. The lowest BCUT2D eigenvalue weighted by molar-refractivity contribution is -0.328. The number of allylic oxidation sites excluding steroid dienone is 2. The first-order valence-electron chi connectivity index (χ1n) is 12.1. The predicted molar refractivity (Wildman–Crippen MR) is 111 cm³/mol. The van der Waals surface area contributed by atoms with Gasteiger partial charge in [0.05, 0.1) is 0 Å². The van der Waals surface area contributed by atoms with Gasteiger partial charge in [-0.2, -0.15) is 0 Å². The average Bonchev–Trinajstić information content (AvgIpc) is 2.69. The molecule has 6 rings (SSSR count). The molecule has 0 aromatic heterocycles. The summed E-state index contributed by atoms with van der Waals surface area (Å²) in [5, 5.41) is 12.2. The summed E-state index contributed by atoms with van der Waals surface area (Å²) in [6.45, 7) is 8.63. The van der Waals surface area contributed by atoms with Crippen LogP contribution in [0.4, 0.5) is 0 Å². The second-order valence-electron chi connectivity index (χ2n) is 11.9. The molecule has 4 saturated carbocycles. The van der Waals surface area contributed by atoms with Crippen molar-refractivity contribution in [2.75, 3.05) is 0 Å². The lowest BCUT2D eigenvalue weighted by Crippen LogP contribution is -2.67. The summed E-state index contributed by atoms with van der Waals surface area (Å²) in [7, 11) is 0. The van der Waals surface area contributed by atoms with Crippen LogP contribution in [0.15, 0.2) is 11.6 Å². The molecular weight excluding hydrogens is 376 g/mol. The summed E-state index contributed by atoms with van der Waals surface area (Å²) in [5.41, 5.74) is 0.216. The van der Waals surface area contributed by atoms with Gasteiger partial charge in [0.15, 0.2) is 0 Å². The first kappa shape index (κ1) is 20.5. The van der Waals surface area contributed by atoms with Gasteiger partial charge in [0.25, 0.3) is 0 Å². The molecule has 0 radical (unpaired) electrons. The van der Waals surface area contributed by atoms with E-state index in [4.69, 9.17) is 0 Å². The minimum atomic E-state index is -0.907. The van der Waals surface area contributed by atoms with Gasteiger partial charge in [-0.25, -0.2) is 0 Å². The number of carbonyl (C=O) groups excluding carboxylic acids is 3. The number of carbonyl (C=O) groups is 3. The van der Waals surface area contributed by atoms with Gasteiger partial charge in [-0.05, 0) is 61.2 Å². The Morgan fingerprint density at radius 3 is 2.43 bits per heavy atom. The molecule has 164 valence electrons. The molecule has 0 aromatic carbocycles. The Balaban J connectivity index is 1.67. The zero-order chi connectivity index (χ0) is 21.6. The maximum absolute atomic E-state index is 13.3. The van der Waals surface area contributed by atoms with Gasteiger partial charge in [0.2, 0.25) is 0 Å².